The number of ether oxygens (including phenoxy) is 2. The number of carbonyl (C=O) groups is 1. The zero-order valence-corrected chi connectivity index (χ0v) is 19.1. The van der Waals surface area contributed by atoms with Gasteiger partial charge in [-0.3, -0.25) is 4.79 Å². The molecule has 0 saturated carbocycles. The van der Waals surface area contributed by atoms with Gasteiger partial charge in [-0.25, -0.2) is 4.98 Å². The van der Waals surface area contributed by atoms with Crippen LogP contribution >= 0.6 is 0 Å². The van der Waals surface area contributed by atoms with E-state index < -0.39 is 6.36 Å². The van der Waals surface area contributed by atoms with E-state index in [0.29, 0.717) is 55.5 Å². The van der Waals surface area contributed by atoms with Crippen LogP contribution in [0.4, 0.5) is 30.4 Å². The summed E-state index contributed by atoms with van der Waals surface area (Å²) in [5.74, 6) is 0.101. The second kappa shape index (κ2) is 10.2. The van der Waals surface area contributed by atoms with Gasteiger partial charge < -0.3 is 25.4 Å². The van der Waals surface area contributed by atoms with Crippen molar-refractivity contribution in [3.8, 4) is 16.9 Å². The first kappa shape index (κ1) is 24.3. The monoisotopic (exact) mass is 486 g/mol. The standard InChI is InChI=1S/C25H25F3N4O3/c1-2-16-15-30-23(31-18-4-6-19(7-5-18)35-25(26,27)28)14-21(16)20-8-3-17(13-22(20)29)24(33)32-9-11-34-12-10-32/h3-8,13-15H,2,9-12,29H2,1H3,(H,30,31). The van der Waals surface area contributed by atoms with Gasteiger partial charge in [0.25, 0.3) is 5.91 Å². The van der Waals surface area contributed by atoms with Crippen molar-refractivity contribution in [2.45, 2.75) is 19.7 Å². The van der Waals surface area contributed by atoms with Crippen molar-refractivity contribution >= 4 is 23.1 Å². The molecule has 0 unspecified atom stereocenters. The molecule has 2 heterocycles. The first-order valence-electron chi connectivity index (χ1n) is 11.1. The minimum Gasteiger partial charge on any atom is -0.406 e. The maximum Gasteiger partial charge on any atom is 0.573 e. The van der Waals surface area contributed by atoms with Crippen LogP contribution in [-0.4, -0.2) is 48.5 Å². The fraction of sp³-hybridized carbons (Fsp3) is 0.280. The van der Waals surface area contributed by atoms with Crippen molar-refractivity contribution in [1.82, 2.24) is 9.88 Å². The number of nitrogens with two attached hydrogens (primary N) is 1. The van der Waals surface area contributed by atoms with E-state index in [0.717, 1.165) is 16.7 Å². The summed E-state index contributed by atoms with van der Waals surface area (Å²) < 4.78 is 46.3. The molecule has 0 radical (unpaired) electrons. The predicted molar refractivity (Wildman–Crippen MR) is 127 cm³/mol. The van der Waals surface area contributed by atoms with Crippen LogP contribution in [0.5, 0.6) is 5.75 Å². The molecule has 0 aliphatic carbocycles. The van der Waals surface area contributed by atoms with E-state index in [-0.39, 0.29) is 11.7 Å². The molecule has 7 nitrogen and oxygen atoms in total. The Morgan fingerprint density at radius 2 is 1.83 bits per heavy atom. The number of carbonyl (C=O) groups excluding carboxylic acids is 1. The molecule has 184 valence electrons. The number of amides is 1. The lowest BCUT2D eigenvalue weighted by Crippen LogP contribution is -2.40. The number of halogens is 3. The average molecular weight is 486 g/mol. The van der Waals surface area contributed by atoms with Crippen LogP contribution in [0.15, 0.2) is 54.7 Å². The predicted octanol–water partition coefficient (Wildman–Crippen LogP) is 5.01. The molecule has 3 aromatic rings. The summed E-state index contributed by atoms with van der Waals surface area (Å²) in [6, 6.07) is 12.5. The van der Waals surface area contributed by atoms with Crippen LogP contribution in [0, 0.1) is 0 Å². The fourth-order valence-electron chi connectivity index (χ4n) is 3.86. The summed E-state index contributed by atoms with van der Waals surface area (Å²) in [7, 11) is 0. The highest BCUT2D eigenvalue weighted by atomic mass is 19.4. The average Bonchev–Trinajstić information content (AvgIpc) is 2.84. The summed E-state index contributed by atoms with van der Waals surface area (Å²) in [6.45, 7) is 4.12. The molecule has 3 N–H and O–H groups in total. The summed E-state index contributed by atoms with van der Waals surface area (Å²) in [4.78, 5) is 19.0. The number of nitrogens with zero attached hydrogens (tertiary/aromatic N) is 2. The number of aromatic nitrogens is 1. The number of anilines is 3. The first-order valence-corrected chi connectivity index (χ1v) is 11.1. The van der Waals surface area contributed by atoms with Gasteiger partial charge in [-0.05, 0) is 60.0 Å². The Kier molecular flexibility index (Phi) is 7.11. The largest absolute Gasteiger partial charge is 0.573 e. The number of hydrogen-bond donors (Lipinski definition) is 2. The van der Waals surface area contributed by atoms with Crippen molar-refractivity contribution in [3.05, 3.63) is 65.9 Å². The molecular formula is C25H25F3N4O3. The third-order valence-corrected chi connectivity index (χ3v) is 5.61. The lowest BCUT2D eigenvalue weighted by Gasteiger charge is -2.27. The van der Waals surface area contributed by atoms with Crippen LogP contribution in [0.2, 0.25) is 0 Å². The highest BCUT2D eigenvalue weighted by molar-refractivity contribution is 5.97. The lowest BCUT2D eigenvalue weighted by atomic mass is 9.96. The van der Waals surface area contributed by atoms with E-state index in [1.807, 2.05) is 19.1 Å². The van der Waals surface area contributed by atoms with Gasteiger partial charge in [0.15, 0.2) is 0 Å². The number of benzene rings is 2. The van der Waals surface area contributed by atoms with Gasteiger partial charge in [0, 0.05) is 41.8 Å². The van der Waals surface area contributed by atoms with Crippen molar-refractivity contribution in [2.24, 2.45) is 0 Å². The topological polar surface area (TPSA) is 89.7 Å². The fourth-order valence-corrected chi connectivity index (χ4v) is 3.86. The quantitative estimate of drug-likeness (QED) is 0.477. The molecule has 1 aliphatic heterocycles. The molecular weight excluding hydrogens is 461 g/mol. The molecule has 1 aromatic heterocycles. The second-order valence-electron chi connectivity index (χ2n) is 7.98. The second-order valence-corrected chi connectivity index (χ2v) is 7.98. The number of hydrogen-bond acceptors (Lipinski definition) is 6. The Balaban J connectivity index is 1.56. The number of pyridine rings is 1. The molecule has 2 aromatic carbocycles. The normalized spacial score (nSPS) is 14.0. The smallest absolute Gasteiger partial charge is 0.406 e. The molecule has 0 bridgehead atoms. The van der Waals surface area contributed by atoms with E-state index in [1.54, 1.807) is 23.2 Å². The van der Waals surface area contributed by atoms with Gasteiger partial charge in [0.1, 0.15) is 11.6 Å². The summed E-state index contributed by atoms with van der Waals surface area (Å²) >= 11 is 0. The Bertz CT molecular complexity index is 1190. The van der Waals surface area contributed by atoms with Crippen LogP contribution < -0.4 is 15.8 Å². The van der Waals surface area contributed by atoms with E-state index >= 15 is 0 Å². The Morgan fingerprint density at radius 3 is 2.46 bits per heavy atom. The van der Waals surface area contributed by atoms with Gasteiger partial charge >= 0.3 is 6.36 Å². The van der Waals surface area contributed by atoms with Crippen LogP contribution in [0.25, 0.3) is 11.1 Å². The molecule has 1 amide bonds. The lowest BCUT2D eigenvalue weighted by molar-refractivity contribution is -0.274. The number of nitrogens with one attached hydrogen (secondary N) is 1. The molecule has 0 atom stereocenters. The molecule has 1 aliphatic rings. The Labute approximate surface area is 200 Å². The van der Waals surface area contributed by atoms with Gasteiger partial charge in [-0.1, -0.05) is 13.0 Å². The minimum atomic E-state index is -4.75. The molecule has 10 heteroatoms. The zero-order chi connectivity index (χ0) is 25.0. The van der Waals surface area contributed by atoms with E-state index in [1.165, 1.54) is 24.3 Å². The van der Waals surface area contributed by atoms with Crippen molar-refractivity contribution in [1.29, 1.82) is 0 Å². The Hall–Kier alpha value is -3.79. The van der Waals surface area contributed by atoms with Gasteiger partial charge in [-0.2, -0.15) is 0 Å². The van der Waals surface area contributed by atoms with Crippen molar-refractivity contribution in [2.75, 3.05) is 37.4 Å². The molecule has 35 heavy (non-hydrogen) atoms. The van der Waals surface area contributed by atoms with Crippen LogP contribution in [0.1, 0.15) is 22.8 Å². The van der Waals surface area contributed by atoms with Crippen LogP contribution in [-0.2, 0) is 11.2 Å². The number of nitrogen functional groups attached to an aromatic ring is 1. The van der Waals surface area contributed by atoms with E-state index in [9.17, 15) is 18.0 Å². The van der Waals surface area contributed by atoms with E-state index in [4.69, 9.17) is 10.5 Å². The van der Waals surface area contributed by atoms with Crippen molar-refractivity contribution < 1.29 is 27.4 Å². The number of aryl methyl sites for hydroxylation is 1. The van der Waals surface area contributed by atoms with Crippen molar-refractivity contribution in [3.63, 3.8) is 0 Å². The third-order valence-electron chi connectivity index (χ3n) is 5.61. The van der Waals surface area contributed by atoms with Gasteiger partial charge in [0.2, 0.25) is 0 Å². The summed E-state index contributed by atoms with van der Waals surface area (Å²) in [6.07, 6.45) is -2.31. The third kappa shape index (κ3) is 6.02. The maximum absolute atomic E-state index is 12.8. The maximum atomic E-state index is 12.8. The molecule has 0 spiro atoms. The highest BCUT2D eigenvalue weighted by Crippen LogP contribution is 2.33. The molecule has 1 fully saturated rings. The van der Waals surface area contributed by atoms with E-state index in [2.05, 4.69) is 15.0 Å². The summed E-state index contributed by atoms with van der Waals surface area (Å²) in [5.41, 5.74) is 10.5. The van der Waals surface area contributed by atoms with Crippen LogP contribution in [0.3, 0.4) is 0 Å². The molecule has 1 saturated heterocycles. The van der Waals surface area contributed by atoms with Gasteiger partial charge in [-0.15, -0.1) is 13.2 Å². The first-order chi connectivity index (χ1) is 16.7. The summed E-state index contributed by atoms with van der Waals surface area (Å²) in [5, 5.41) is 3.09. The highest BCUT2D eigenvalue weighted by Gasteiger charge is 2.31. The zero-order valence-electron chi connectivity index (χ0n) is 19.1. The number of rotatable bonds is 6. The number of alkyl halides is 3. The Morgan fingerprint density at radius 1 is 1.11 bits per heavy atom. The number of morpholine rings is 1. The van der Waals surface area contributed by atoms with Gasteiger partial charge in [0.05, 0.1) is 13.2 Å². The minimum absolute atomic E-state index is 0.0858. The SMILES string of the molecule is CCc1cnc(Nc2ccc(OC(F)(F)F)cc2)cc1-c1ccc(C(=O)N2CCOCC2)cc1N. The molecule has 4 rings (SSSR count).